The zero-order valence-corrected chi connectivity index (χ0v) is 8.77. The number of aliphatic hydroxyl groups is 1. The quantitative estimate of drug-likeness (QED) is 0.761. The third kappa shape index (κ3) is 4.14. The van der Waals surface area contributed by atoms with Crippen LogP contribution in [0.1, 0.15) is 39.0 Å². The minimum absolute atomic E-state index is 0.226. The number of hydrogen-bond donors (Lipinski definition) is 1. The molecule has 1 fully saturated rings. The maximum atomic E-state index is 10.8. The second-order valence-electron chi connectivity index (χ2n) is 3.61. The van der Waals surface area contributed by atoms with E-state index in [0.29, 0.717) is 17.6 Å². The van der Waals surface area contributed by atoms with Crippen LogP contribution in [0.5, 0.6) is 0 Å². The van der Waals surface area contributed by atoms with Crippen LogP contribution in [0.2, 0.25) is 0 Å². The van der Waals surface area contributed by atoms with E-state index < -0.39 is 0 Å². The smallest absolute Gasteiger partial charge is 0.186 e. The molecule has 74 valence electrons. The Morgan fingerprint density at radius 2 is 2.08 bits per heavy atom. The molecule has 0 unspecified atom stereocenters. The Kier molecular flexibility index (Phi) is 4.81. The second kappa shape index (κ2) is 5.66. The van der Waals surface area contributed by atoms with Gasteiger partial charge in [-0.2, -0.15) is 0 Å². The molecule has 0 heterocycles. The Morgan fingerprint density at radius 1 is 1.46 bits per heavy atom. The molecule has 1 rings (SSSR count). The van der Waals surface area contributed by atoms with Crippen LogP contribution in [0.25, 0.3) is 0 Å². The first-order chi connectivity index (χ1) is 6.22. The molecule has 3 heteroatoms. The van der Waals surface area contributed by atoms with Crippen LogP contribution in [0.15, 0.2) is 0 Å². The third-order valence-corrected chi connectivity index (χ3v) is 3.64. The predicted molar refractivity (Wildman–Crippen MR) is 53.8 cm³/mol. The number of thioether (sulfide) groups is 1. The molecular formula is C10H16O2S. The molecular weight excluding hydrogens is 184 g/mol. The maximum absolute atomic E-state index is 10.8. The van der Waals surface area contributed by atoms with Crippen molar-refractivity contribution in [3.8, 4) is 0 Å². The highest BCUT2D eigenvalue weighted by molar-refractivity contribution is 8.14. The summed E-state index contributed by atoms with van der Waals surface area (Å²) in [5.41, 5.74) is 0. The molecule has 1 aliphatic carbocycles. The summed E-state index contributed by atoms with van der Waals surface area (Å²) in [6.45, 7) is 3.85. The van der Waals surface area contributed by atoms with Crippen LogP contribution < -0.4 is 0 Å². The van der Waals surface area contributed by atoms with Crippen molar-refractivity contribution in [3.63, 3.8) is 0 Å². The zero-order chi connectivity index (χ0) is 9.68. The summed E-state index contributed by atoms with van der Waals surface area (Å²) >= 11 is 1.47. The molecule has 0 atom stereocenters. The van der Waals surface area contributed by atoms with Crippen molar-refractivity contribution in [3.05, 3.63) is 6.61 Å². The molecule has 2 radical (unpaired) electrons. The lowest BCUT2D eigenvalue weighted by atomic mass is 9.87. The Labute approximate surface area is 84.1 Å². The molecule has 0 spiro atoms. The fraction of sp³-hybridized carbons (Fsp3) is 0.800. The monoisotopic (exact) mass is 200 g/mol. The first-order valence-corrected chi connectivity index (χ1v) is 5.64. The fourth-order valence-electron chi connectivity index (χ4n) is 1.82. The van der Waals surface area contributed by atoms with E-state index in [0.717, 1.165) is 25.7 Å². The van der Waals surface area contributed by atoms with Crippen molar-refractivity contribution < 1.29 is 9.90 Å². The molecule has 0 aliphatic heterocycles. The average molecular weight is 200 g/mol. The van der Waals surface area contributed by atoms with Gasteiger partial charge in [0.05, 0.1) is 0 Å². The Bertz CT molecular complexity index is 162. The van der Waals surface area contributed by atoms with Crippen LogP contribution in [0.4, 0.5) is 0 Å². The molecule has 0 aromatic heterocycles. The van der Waals surface area contributed by atoms with Gasteiger partial charge in [0.25, 0.3) is 0 Å². The van der Waals surface area contributed by atoms with Gasteiger partial charge in [-0.1, -0.05) is 11.8 Å². The third-order valence-electron chi connectivity index (χ3n) is 2.51. The first kappa shape index (κ1) is 11.1. The number of aliphatic hydroxyl groups excluding tert-OH is 1. The van der Waals surface area contributed by atoms with Crippen molar-refractivity contribution in [2.24, 2.45) is 5.92 Å². The van der Waals surface area contributed by atoms with E-state index >= 15 is 0 Å². The van der Waals surface area contributed by atoms with Crippen LogP contribution in [-0.2, 0) is 4.79 Å². The van der Waals surface area contributed by atoms with Gasteiger partial charge in [0.2, 0.25) is 0 Å². The number of carbonyl (C=O) groups is 1. The van der Waals surface area contributed by atoms with Crippen molar-refractivity contribution in [2.75, 3.05) is 0 Å². The summed E-state index contributed by atoms with van der Waals surface area (Å²) in [4.78, 5) is 10.8. The van der Waals surface area contributed by atoms with Gasteiger partial charge in [0.15, 0.2) is 5.12 Å². The van der Waals surface area contributed by atoms with E-state index in [1.165, 1.54) is 11.8 Å². The highest BCUT2D eigenvalue weighted by atomic mass is 32.2. The number of carbonyl (C=O) groups excluding carboxylic acids is 1. The van der Waals surface area contributed by atoms with E-state index in [-0.39, 0.29) is 5.12 Å². The van der Waals surface area contributed by atoms with E-state index in [9.17, 15) is 4.79 Å². The Balaban J connectivity index is 2.18. The topological polar surface area (TPSA) is 37.3 Å². The van der Waals surface area contributed by atoms with Gasteiger partial charge in [-0.05, 0) is 38.0 Å². The number of rotatable bonds is 3. The molecule has 0 aromatic rings. The summed E-state index contributed by atoms with van der Waals surface area (Å²) < 4.78 is 0. The standard InChI is InChI=1S/C10H16O2S/c1-8(12)13-10-4-2-9(3-5-10)6-7-11/h9-11H,2-6H2,1H3. The molecule has 0 bridgehead atoms. The van der Waals surface area contributed by atoms with Gasteiger partial charge < -0.3 is 5.11 Å². The van der Waals surface area contributed by atoms with Crippen LogP contribution >= 0.6 is 11.8 Å². The summed E-state index contributed by atoms with van der Waals surface area (Å²) in [7, 11) is 0. The lowest BCUT2D eigenvalue weighted by Gasteiger charge is -2.26. The average Bonchev–Trinajstić information content (AvgIpc) is 2.08. The number of hydrogen-bond acceptors (Lipinski definition) is 3. The van der Waals surface area contributed by atoms with E-state index in [1.54, 1.807) is 6.92 Å². The summed E-state index contributed by atoms with van der Waals surface area (Å²) in [5, 5.41) is 9.27. The summed E-state index contributed by atoms with van der Waals surface area (Å²) in [6, 6.07) is 0. The molecule has 2 nitrogen and oxygen atoms in total. The molecule has 0 aromatic carbocycles. The molecule has 1 aliphatic rings. The zero-order valence-electron chi connectivity index (χ0n) is 7.95. The lowest BCUT2D eigenvalue weighted by molar-refractivity contribution is -0.109. The molecule has 0 amide bonds. The summed E-state index contributed by atoms with van der Waals surface area (Å²) in [6.07, 6.45) is 5.15. The Morgan fingerprint density at radius 3 is 2.54 bits per heavy atom. The molecule has 13 heavy (non-hydrogen) atoms. The highest BCUT2D eigenvalue weighted by Gasteiger charge is 2.22. The molecule has 1 N–H and O–H groups in total. The van der Waals surface area contributed by atoms with Gasteiger partial charge in [-0.3, -0.25) is 4.79 Å². The van der Waals surface area contributed by atoms with E-state index in [1.807, 2.05) is 0 Å². The molecule has 0 saturated heterocycles. The SMILES string of the molecule is CC(=O)SC1CCC(C[C]O)CC1. The van der Waals surface area contributed by atoms with Crippen molar-refractivity contribution in [1.82, 2.24) is 0 Å². The van der Waals surface area contributed by atoms with Crippen molar-refractivity contribution >= 4 is 16.9 Å². The predicted octanol–water partition coefficient (Wildman–Crippen LogP) is 2.63. The Hall–Kier alpha value is -0.0200. The van der Waals surface area contributed by atoms with Gasteiger partial charge in [0.1, 0.15) is 6.61 Å². The van der Waals surface area contributed by atoms with Gasteiger partial charge in [-0.25, -0.2) is 0 Å². The van der Waals surface area contributed by atoms with Crippen LogP contribution in [0, 0.1) is 12.5 Å². The minimum atomic E-state index is 0.226. The fourth-order valence-corrected chi connectivity index (χ4v) is 2.79. The largest absolute Gasteiger partial charge is 0.384 e. The van der Waals surface area contributed by atoms with Gasteiger partial charge >= 0.3 is 0 Å². The van der Waals surface area contributed by atoms with Crippen LogP contribution in [-0.4, -0.2) is 15.5 Å². The summed E-state index contributed by atoms with van der Waals surface area (Å²) in [5.74, 6) is 0.591. The van der Waals surface area contributed by atoms with Gasteiger partial charge in [-0.15, -0.1) is 0 Å². The second-order valence-corrected chi connectivity index (χ2v) is 5.09. The van der Waals surface area contributed by atoms with E-state index in [4.69, 9.17) is 5.11 Å². The van der Waals surface area contributed by atoms with Crippen molar-refractivity contribution in [2.45, 2.75) is 44.3 Å². The minimum Gasteiger partial charge on any atom is -0.384 e. The first-order valence-electron chi connectivity index (χ1n) is 4.76. The lowest BCUT2D eigenvalue weighted by Crippen LogP contribution is -2.17. The highest BCUT2D eigenvalue weighted by Crippen LogP contribution is 2.33. The van der Waals surface area contributed by atoms with Crippen LogP contribution in [0.3, 0.4) is 0 Å². The normalized spacial score (nSPS) is 28.8. The maximum Gasteiger partial charge on any atom is 0.186 e. The van der Waals surface area contributed by atoms with Gasteiger partial charge in [0, 0.05) is 12.2 Å². The van der Waals surface area contributed by atoms with E-state index in [2.05, 4.69) is 6.61 Å². The molecule has 1 saturated carbocycles. The van der Waals surface area contributed by atoms with Crippen molar-refractivity contribution in [1.29, 1.82) is 0 Å².